The van der Waals surface area contributed by atoms with Gasteiger partial charge in [0.05, 0.1) is 0 Å². The van der Waals surface area contributed by atoms with Gasteiger partial charge < -0.3 is 18.9 Å². The predicted molar refractivity (Wildman–Crippen MR) is 87.8 cm³/mol. The van der Waals surface area contributed by atoms with E-state index in [1.165, 1.54) is 0 Å². The molecule has 0 aliphatic carbocycles. The maximum Gasteiger partial charge on any atom is 0.251 e. The number of carbonyl (C=O) groups excluding carboxylic acids is 1. The summed E-state index contributed by atoms with van der Waals surface area (Å²) in [4.78, 5) is 18.6. The molecule has 0 N–H and O–H groups in total. The van der Waals surface area contributed by atoms with E-state index < -0.39 is 0 Å². The molecule has 1 unspecified atom stereocenters. The fourth-order valence-corrected chi connectivity index (χ4v) is 3.26. The van der Waals surface area contributed by atoms with Crippen LogP contribution in [0.15, 0.2) is 24.4 Å². The lowest BCUT2D eigenvalue weighted by molar-refractivity contribution is -0.140. The quantitative estimate of drug-likeness (QED) is 0.817. The van der Waals surface area contributed by atoms with Crippen molar-refractivity contribution in [3.63, 3.8) is 0 Å². The highest BCUT2D eigenvalue weighted by Gasteiger charge is 2.30. The number of carbonyl (C=O) groups is 1. The van der Waals surface area contributed by atoms with Crippen molar-refractivity contribution in [2.24, 2.45) is 0 Å². The number of nitrogens with zero attached hydrogens (tertiary/aromatic N) is 5. The number of aromatic nitrogens is 4. The molecule has 1 atom stereocenters. The Bertz CT molecular complexity index is 727. The van der Waals surface area contributed by atoms with Gasteiger partial charge in [-0.3, -0.25) is 4.79 Å². The van der Waals surface area contributed by atoms with Gasteiger partial charge in [0.25, 0.3) is 5.91 Å². The minimum atomic E-state index is -0.268. The van der Waals surface area contributed by atoms with Crippen LogP contribution in [0.3, 0.4) is 0 Å². The molecular weight excluding hydrogens is 322 g/mol. The zero-order valence-electron chi connectivity index (χ0n) is 14.0. The molecule has 0 bridgehead atoms. The van der Waals surface area contributed by atoms with E-state index in [0.29, 0.717) is 45.1 Å². The Labute approximate surface area is 145 Å². The summed E-state index contributed by atoms with van der Waals surface area (Å²) >= 11 is 0. The summed E-state index contributed by atoms with van der Waals surface area (Å²) in [5.74, 6) is 2.31. The molecule has 0 spiro atoms. The number of pyridine rings is 1. The van der Waals surface area contributed by atoms with E-state index in [0.717, 1.165) is 24.5 Å². The second-order valence-corrected chi connectivity index (χ2v) is 6.22. The molecule has 2 aliphatic heterocycles. The van der Waals surface area contributed by atoms with Crippen molar-refractivity contribution in [1.29, 1.82) is 0 Å². The Morgan fingerprint density at radius 1 is 1.28 bits per heavy atom. The van der Waals surface area contributed by atoms with E-state index >= 15 is 0 Å². The second kappa shape index (κ2) is 7.18. The highest BCUT2D eigenvalue weighted by molar-refractivity contribution is 5.81. The summed E-state index contributed by atoms with van der Waals surface area (Å²) in [5, 5.41) is 8.50. The van der Waals surface area contributed by atoms with Crippen molar-refractivity contribution < 1.29 is 14.3 Å². The Kier molecular flexibility index (Phi) is 4.60. The summed E-state index contributed by atoms with van der Waals surface area (Å²) in [7, 11) is 0. The van der Waals surface area contributed by atoms with Crippen LogP contribution in [0.2, 0.25) is 0 Å². The summed E-state index contributed by atoms with van der Waals surface area (Å²) in [5.41, 5.74) is 0. The van der Waals surface area contributed by atoms with Crippen molar-refractivity contribution >= 4 is 5.91 Å². The van der Waals surface area contributed by atoms with E-state index in [4.69, 9.17) is 9.47 Å². The lowest BCUT2D eigenvalue weighted by Crippen LogP contribution is -2.40. The average molecular weight is 343 g/mol. The molecule has 2 aliphatic rings. The topological polar surface area (TPSA) is 82.4 Å². The molecule has 1 saturated heterocycles. The lowest BCUT2D eigenvalue weighted by atomic mass is 10.2. The van der Waals surface area contributed by atoms with Gasteiger partial charge in [-0.15, -0.1) is 10.2 Å². The number of hydrogen-bond acceptors (Lipinski definition) is 6. The second-order valence-electron chi connectivity index (χ2n) is 6.22. The van der Waals surface area contributed by atoms with Crippen molar-refractivity contribution in [1.82, 2.24) is 24.6 Å². The van der Waals surface area contributed by atoms with Crippen LogP contribution < -0.4 is 4.74 Å². The van der Waals surface area contributed by atoms with Crippen molar-refractivity contribution in [3.05, 3.63) is 36.0 Å². The SMILES string of the molecule is O=C(C1CCCO1)N1CCc2nnc(COc3ccccn3)n2CC1. The fourth-order valence-electron chi connectivity index (χ4n) is 3.26. The molecule has 132 valence electrons. The number of rotatable bonds is 4. The van der Waals surface area contributed by atoms with E-state index in [2.05, 4.69) is 15.2 Å². The smallest absolute Gasteiger partial charge is 0.251 e. The van der Waals surface area contributed by atoms with Crippen LogP contribution in [0.1, 0.15) is 24.5 Å². The minimum Gasteiger partial charge on any atom is -0.469 e. The molecule has 4 heterocycles. The molecule has 0 radical (unpaired) electrons. The highest BCUT2D eigenvalue weighted by Crippen LogP contribution is 2.17. The molecule has 25 heavy (non-hydrogen) atoms. The van der Waals surface area contributed by atoms with Gasteiger partial charge >= 0.3 is 0 Å². The third-order valence-electron chi connectivity index (χ3n) is 4.61. The zero-order chi connectivity index (χ0) is 17.1. The van der Waals surface area contributed by atoms with Gasteiger partial charge in [-0.2, -0.15) is 0 Å². The van der Waals surface area contributed by atoms with E-state index in [9.17, 15) is 4.79 Å². The maximum atomic E-state index is 12.5. The van der Waals surface area contributed by atoms with Crippen LogP contribution in [-0.2, 0) is 29.1 Å². The Hall–Kier alpha value is -2.48. The van der Waals surface area contributed by atoms with Crippen molar-refractivity contribution in [2.75, 3.05) is 19.7 Å². The van der Waals surface area contributed by atoms with Crippen molar-refractivity contribution in [2.45, 2.75) is 38.5 Å². The summed E-state index contributed by atoms with van der Waals surface area (Å²) in [6.45, 7) is 2.95. The molecular formula is C17H21N5O3. The summed E-state index contributed by atoms with van der Waals surface area (Å²) in [6, 6.07) is 5.53. The van der Waals surface area contributed by atoms with Crippen LogP contribution in [0.25, 0.3) is 0 Å². The zero-order valence-corrected chi connectivity index (χ0v) is 14.0. The molecule has 1 fully saturated rings. The van der Waals surface area contributed by atoms with Gasteiger partial charge in [0, 0.05) is 44.9 Å². The molecule has 0 aromatic carbocycles. The Morgan fingerprint density at radius 2 is 2.24 bits per heavy atom. The fraction of sp³-hybridized carbons (Fsp3) is 0.529. The number of amides is 1. The third kappa shape index (κ3) is 3.48. The van der Waals surface area contributed by atoms with Crippen LogP contribution in [0, 0.1) is 0 Å². The molecule has 4 rings (SSSR count). The normalized spacial score (nSPS) is 20.2. The van der Waals surface area contributed by atoms with E-state index in [1.807, 2.05) is 27.7 Å². The molecule has 2 aromatic rings. The first-order valence-electron chi connectivity index (χ1n) is 8.66. The molecule has 8 nitrogen and oxygen atoms in total. The summed E-state index contributed by atoms with van der Waals surface area (Å²) < 4.78 is 13.3. The first-order chi connectivity index (χ1) is 12.3. The van der Waals surface area contributed by atoms with Gasteiger partial charge in [0.15, 0.2) is 5.82 Å². The Balaban J connectivity index is 1.40. The van der Waals surface area contributed by atoms with Gasteiger partial charge in [-0.05, 0) is 18.9 Å². The lowest BCUT2D eigenvalue weighted by Gasteiger charge is -2.23. The van der Waals surface area contributed by atoms with Gasteiger partial charge in [-0.1, -0.05) is 6.07 Å². The largest absolute Gasteiger partial charge is 0.469 e. The van der Waals surface area contributed by atoms with Crippen LogP contribution in [0.5, 0.6) is 5.88 Å². The first kappa shape index (κ1) is 16.0. The first-order valence-corrected chi connectivity index (χ1v) is 8.66. The van der Waals surface area contributed by atoms with Crippen LogP contribution in [0.4, 0.5) is 0 Å². The third-order valence-corrected chi connectivity index (χ3v) is 4.61. The number of ether oxygens (including phenoxy) is 2. The average Bonchev–Trinajstić information content (AvgIpc) is 3.26. The molecule has 1 amide bonds. The monoisotopic (exact) mass is 343 g/mol. The maximum absolute atomic E-state index is 12.5. The van der Waals surface area contributed by atoms with Gasteiger partial charge in [-0.25, -0.2) is 4.98 Å². The van der Waals surface area contributed by atoms with E-state index in [-0.39, 0.29) is 12.0 Å². The molecule has 2 aromatic heterocycles. The number of fused-ring (bicyclic) bond motifs is 1. The van der Waals surface area contributed by atoms with Crippen LogP contribution in [-0.4, -0.2) is 56.4 Å². The summed E-state index contributed by atoms with van der Waals surface area (Å²) in [6.07, 6.45) is 3.90. The van der Waals surface area contributed by atoms with E-state index in [1.54, 1.807) is 6.20 Å². The van der Waals surface area contributed by atoms with Gasteiger partial charge in [0.2, 0.25) is 5.88 Å². The predicted octanol–water partition coefficient (Wildman–Crippen LogP) is 0.816. The van der Waals surface area contributed by atoms with Crippen LogP contribution >= 0.6 is 0 Å². The number of hydrogen-bond donors (Lipinski definition) is 0. The Morgan fingerprint density at radius 3 is 3.04 bits per heavy atom. The molecule has 8 heteroatoms. The minimum absolute atomic E-state index is 0.0995. The van der Waals surface area contributed by atoms with Crippen molar-refractivity contribution in [3.8, 4) is 5.88 Å². The molecule has 0 saturated carbocycles. The highest BCUT2D eigenvalue weighted by atomic mass is 16.5. The van der Waals surface area contributed by atoms with Gasteiger partial charge in [0.1, 0.15) is 18.5 Å². The standard InChI is InChI=1S/C17H21N5O3/c23-17(13-4-3-11-24-13)21-8-6-14-19-20-15(22(14)10-9-21)12-25-16-5-1-2-7-18-16/h1-2,5,7,13H,3-4,6,8-12H2.